The van der Waals surface area contributed by atoms with E-state index in [4.69, 9.17) is 11.1 Å². The van der Waals surface area contributed by atoms with E-state index in [1.165, 1.54) is 19.2 Å². The third-order valence-corrected chi connectivity index (χ3v) is 4.03. The fourth-order valence-electron chi connectivity index (χ4n) is 2.43. The van der Waals surface area contributed by atoms with Gasteiger partial charge in [-0.1, -0.05) is 12.1 Å². The summed E-state index contributed by atoms with van der Waals surface area (Å²) in [5.41, 5.74) is 7.73. The molecule has 1 fully saturated rings. The second kappa shape index (κ2) is 6.31. The minimum absolute atomic E-state index is 0.0827. The van der Waals surface area contributed by atoms with Crippen molar-refractivity contribution in [2.24, 2.45) is 5.92 Å². The van der Waals surface area contributed by atoms with E-state index in [0.717, 1.165) is 18.2 Å². The predicted octanol–water partition coefficient (Wildman–Crippen LogP) is 2.01. The summed E-state index contributed by atoms with van der Waals surface area (Å²) in [5.74, 6) is 1.64. The molecule has 3 rings (SSSR count). The normalized spacial score (nSPS) is 15.4. The predicted molar refractivity (Wildman–Crippen MR) is 88.3 cm³/mol. The van der Waals surface area contributed by atoms with Crippen LogP contribution in [0.2, 0.25) is 0 Å². The van der Waals surface area contributed by atoms with Crippen LogP contribution < -0.4 is 11.1 Å². The van der Waals surface area contributed by atoms with Crippen molar-refractivity contribution in [3.8, 4) is 0 Å². The molecule has 2 heterocycles. The molecular formula is C15H22N8. The highest BCUT2D eigenvalue weighted by atomic mass is 15.4. The van der Waals surface area contributed by atoms with Crippen molar-refractivity contribution in [1.29, 1.82) is 5.41 Å². The molecule has 2 aromatic rings. The van der Waals surface area contributed by atoms with Crippen LogP contribution in [-0.4, -0.2) is 30.7 Å². The molecule has 4 N–H and O–H groups in total. The van der Waals surface area contributed by atoms with Crippen molar-refractivity contribution in [2.45, 2.75) is 45.7 Å². The standard InChI is InChI=1S/C15H22N8/c1-3-11(16)13-14(17)18-8-19-15(13)20-9(2)12-7-23(22-21-12)6-10-4-5-10/h7-10,16H,3-6H2,1-2H3,(H3,17,18,19,20). The Morgan fingerprint density at radius 3 is 2.96 bits per heavy atom. The van der Waals surface area contributed by atoms with Crippen molar-refractivity contribution in [2.75, 3.05) is 11.1 Å². The van der Waals surface area contributed by atoms with Crippen LogP contribution >= 0.6 is 0 Å². The van der Waals surface area contributed by atoms with Gasteiger partial charge in [0.05, 0.1) is 17.8 Å². The number of hydrogen-bond acceptors (Lipinski definition) is 7. The monoisotopic (exact) mass is 314 g/mol. The summed E-state index contributed by atoms with van der Waals surface area (Å²) < 4.78 is 1.90. The van der Waals surface area contributed by atoms with Gasteiger partial charge in [-0.2, -0.15) is 0 Å². The average Bonchev–Trinajstić information content (AvgIpc) is 3.21. The minimum atomic E-state index is -0.0827. The van der Waals surface area contributed by atoms with Gasteiger partial charge in [-0.3, -0.25) is 4.68 Å². The van der Waals surface area contributed by atoms with Gasteiger partial charge in [0.2, 0.25) is 0 Å². The molecule has 1 aliphatic carbocycles. The van der Waals surface area contributed by atoms with Crippen LogP contribution in [0.5, 0.6) is 0 Å². The number of nitrogens with one attached hydrogen (secondary N) is 2. The Balaban J connectivity index is 1.76. The molecule has 8 heteroatoms. The number of aromatic nitrogens is 5. The summed E-state index contributed by atoms with van der Waals surface area (Å²) >= 11 is 0. The van der Waals surface area contributed by atoms with Gasteiger partial charge in [-0.05, 0) is 32.1 Å². The SMILES string of the molecule is CCC(=N)c1c(N)ncnc1NC(C)c1cn(CC2CC2)nn1. The molecule has 0 radical (unpaired) electrons. The smallest absolute Gasteiger partial charge is 0.141 e. The topological polar surface area (TPSA) is 118 Å². The maximum Gasteiger partial charge on any atom is 0.141 e. The molecule has 1 saturated carbocycles. The number of anilines is 2. The zero-order valence-corrected chi connectivity index (χ0v) is 13.5. The van der Waals surface area contributed by atoms with E-state index in [9.17, 15) is 0 Å². The van der Waals surface area contributed by atoms with Gasteiger partial charge >= 0.3 is 0 Å². The van der Waals surface area contributed by atoms with Gasteiger partial charge in [0, 0.05) is 12.3 Å². The van der Waals surface area contributed by atoms with Crippen LogP contribution in [0.15, 0.2) is 12.5 Å². The molecule has 23 heavy (non-hydrogen) atoms. The first-order valence-corrected chi connectivity index (χ1v) is 7.93. The molecule has 2 aromatic heterocycles. The van der Waals surface area contributed by atoms with E-state index in [2.05, 4.69) is 25.6 Å². The van der Waals surface area contributed by atoms with Crippen LogP contribution in [-0.2, 0) is 6.54 Å². The Bertz CT molecular complexity index is 703. The van der Waals surface area contributed by atoms with Gasteiger partial charge < -0.3 is 16.5 Å². The molecule has 0 aromatic carbocycles. The lowest BCUT2D eigenvalue weighted by Gasteiger charge is -2.16. The summed E-state index contributed by atoms with van der Waals surface area (Å²) in [6, 6.07) is -0.0827. The van der Waals surface area contributed by atoms with Crippen molar-refractivity contribution < 1.29 is 0 Å². The highest BCUT2D eigenvalue weighted by Crippen LogP contribution is 2.30. The van der Waals surface area contributed by atoms with Gasteiger partial charge in [-0.25, -0.2) is 9.97 Å². The lowest BCUT2D eigenvalue weighted by atomic mass is 10.1. The molecule has 8 nitrogen and oxygen atoms in total. The Labute approximate surface area is 135 Å². The van der Waals surface area contributed by atoms with Crippen LogP contribution in [0.25, 0.3) is 0 Å². The van der Waals surface area contributed by atoms with E-state index < -0.39 is 0 Å². The minimum Gasteiger partial charge on any atom is -0.383 e. The Morgan fingerprint density at radius 2 is 2.26 bits per heavy atom. The largest absolute Gasteiger partial charge is 0.383 e. The Hall–Kier alpha value is -2.51. The van der Waals surface area contributed by atoms with Crippen molar-refractivity contribution >= 4 is 17.3 Å². The number of rotatable bonds is 7. The van der Waals surface area contributed by atoms with Gasteiger partial charge in [-0.15, -0.1) is 5.10 Å². The molecule has 1 atom stereocenters. The fraction of sp³-hybridized carbons (Fsp3) is 0.533. The number of hydrogen-bond donors (Lipinski definition) is 3. The van der Waals surface area contributed by atoms with Crippen LogP contribution in [0, 0.1) is 11.3 Å². The van der Waals surface area contributed by atoms with E-state index in [-0.39, 0.29) is 6.04 Å². The molecule has 0 amide bonds. The van der Waals surface area contributed by atoms with Crippen molar-refractivity contribution in [3.63, 3.8) is 0 Å². The molecule has 1 unspecified atom stereocenters. The summed E-state index contributed by atoms with van der Waals surface area (Å²) in [4.78, 5) is 8.23. The molecule has 0 spiro atoms. The highest BCUT2D eigenvalue weighted by Gasteiger charge is 2.23. The highest BCUT2D eigenvalue weighted by molar-refractivity contribution is 6.05. The van der Waals surface area contributed by atoms with E-state index in [1.54, 1.807) is 0 Å². The first-order valence-electron chi connectivity index (χ1n) is 7.93. The van der Waals surface area contributed by atoms with E-state index in [0.29, 0.717) is 29.3 Å². The molecule has 1 aliphatic rings. The second-order valence-corrected chi connectivity index (χ2v) is 5.99. The van der Waals surface area contributed by atoms with Crippen LogP contribution in [0.4, 0.5) is 11.6 Å². The summed E-state index contributed by atoms with van der Waals surface area (Å²) in [6.07, 6.45) is 6.50. The van der Waals surface area contributed by atoms with Gasteiger partial charge in [0.1, 0.15) is 23.7 Å². The lowest BCUT2D eigenvalue weighted by molar-refractivity contribution is 0.544. The zero-order chi connectivity index (χ0) is 16.4. The first-order chi connectivity index (χ1) is 11.1. The Morgan fingerprint density at radius 1 is 1.48 bits per heavy atom. The van der Waals surface area contributed by atoms with Gasteiger partial charge in [0.15, 0.2) is 0 Å². The molecule has 0 aliphatic heterocycles. The Kier molecular flexibility index (Phi) is 4.22. The van der Waals surface area contributed by atoms with E-state index >= 15 is 0 Å². The summed E-state index contributed by atoms with van der Waals surface area (Å²) in [5, 5.41) is 19.8. The lowest BCUT2D eigenvalue weighted by Crippen LogP contribution is -2.15. The van der Waals surface area contributed by atoms with Crippen LogP contribution in [0.1, 0.15) is 50.4 Å². The molecular weight excluding hydrogens is 292 g/mol. The van der Waals surface area contributed by atoms with E-state index in [1.807, 2.05) is 24.7 Å². The molecule has 0 bridgehead atoms. The fourth-order valence-corrected chi connectivity index (χ4v) is 2.43. The number of nitrogen functional groups attached to an aromatic ring is 1. The van der Waals surface area contributed by atoms with Crippen molar-refractivity contribution in [1.82, 2.24) is 25.0 Å². The molecule has 122 valence electrons. The third kappa shape index (κ3) is 3.46. The quantitative estimate of drug-likeness (QED) is 0.673. The third-order valence-electron chi connectivity index (χ3n) is 4.03. The number of nitrogens with zero attached hydrogens (tertiary/aromatic N) is 5. The number of nitrogens with two attached hydrogens (primary N) is 1. The average molecular weight is 314 g/mol. The van der Waals surface area contributed by atoms with Gasteiger partial charge in [0.25, 0.3) is 0 Å². The van der Waals surface area contributed by atoms with Crippen LogP contribution in [0.3, 0.4) is 0 Å². The zero-order valence-electron chi connectivity index (χ0n) is 13.5. The maximum absolute atomic E-state index is 8.06. The second-order valence-electron chi connectivity index (χ2n) is 5.99. The summed E-state index contributed by atoms with van der Waals surface area (Å²) in [7, 11) is 0. The summed E-state index contributed by atoms with van der Waals surface area (Å²) in [6.45, 7) is 4.83. The maximum atomic E-state index is 8.06. The molecule has 0 saturated heterocycles. The first kappa shape index (κ1) is 15.4. The van der Waals surface area contributed by atoms with Crippen molar-refractivity contribution in [3.05, 3.63) is 23.8 Å².